The van der Waals surface area contributed by atoms with Gasteiger partial charge in [0.05, 0.1) is 39.8 Å². The number of nitrogens with one attached hydrogen (secondary N) is 3. The van der Waals surface area contributed by atoms with Crippen molar-refractivity contribution in [2.75, 3.05) is 47.4 Å². The monoisotopic (exact) mass is 587 g/mol. The second kappa shape index (κ2) is 20.0. The molecule has 3 atom stereocenters. The number of hydrogen-bond donors (Lipinski definition) is 5. The predicted molar refractivity (Wildman–Crippen MR) is 154 cm³/mol. The van der Waals surface area contributed by atoms with Crippen LogP contribution in [0.15, 0.2) is 4.99 Å². The van der Waals surface area contributed by atoms with Crippen LogP contribution in [0.3, 0.4) is 0 Å². The fourth-order valence-electron chi connectivity index (χ4n) is 4.21. The minimum absolute atomic E-state index is 0.0204. The second-order valence-corrected chi connectivity index (χ2v) is 11.4. The van der Waals surface area contributed by atoms with Gasteiger partial charge in [0.15, 0.2) is 12.2 Å². The van der Waals surface area contributed by atoms with Crippen LogP contribution in [0.4, 0.5) is 0 Å². The summed E-state index contributed by atoms with van der Waals surface area (Å²) in [6, 6.07) is -2.00. The van der Waals surface area contributed by atoms with Crippen molar-refractivity contribution in [3.63, 3.8) is 0 Å². The summed E-state index contributed by atoms with van der Waals surface area (Å²) in [5, 5.41) is 19.5. The molecular formula is C27H53N7O7. The molecule has 0 radical (unpaired) electrons. The average molecular weight is 588 g/mol. The molecule has 0 saturated heterocycles. The topological polar surface area (TPSA) is 210 Å². The standard InChI is InChI=1S/C27H53N7O7/c1-8-40-26(41-9-2)20(11-10-14-30-27(28)29)33-25(39)21(15-18(3)4)32-23(36)13-12-22(35)31-19(16-24(37)38)17-34(5,6)7/h18-21,26H,8-17H2,1-7H3,(H7-,28,29,30,31,32,33,35,36,37,38,39)/t19-,20+,21+/m1/s1. The lowest BCUT2D eigenvalue weighted by Crippen LogP contribution is -2.54. The molecule has 7 N–H and O–H groups in total. The summed E-state index contributed by atoms with van der Waals surface area (Å²) in [6.45, 7) is 9.00. The number of carboxylic acids is 1. The van der Waals surface area contributed by atoms with Crippen molar-refractivity contribution in [3.8, 4) is 0 Å². The van der Waals surface area contributed by atoms with Gasteiger partial charge in [-0.05, 0) is 39.0 Å². The average Bonchev–Trinajstić information content (AvgIpc) is 2.82. The van der Waals surface area contributed by atoms with Crippen LogP contribution in [-0.2, 0) is 28.7 Å². The zero-order valence-corrected chi connectivity index (χ0v) is 25.9. The summed E-state index contributed by atoms with van der Waals surface area (Å²) >= 11 is 0. The SMILES string of the molecule is CCOC(OCC)[C@H](CCCN=C(N)N)NC(=O)[C@H](CC(C)C)NC(=O)CCC(=O)N[C@H](CC(=O)[O-])C[N+](C)(C)C. The number of guanidine groups is 1. The maximum Gasteiger partial charge on any atom is 0.242 e. The molecule has 41 heavy (non-hydrogen) atoms. The van der Waals surface area contributed by atoms with E-state index in [4.69, 9.17) is 20.9 Å². The van der Waals surface area contributed by atoms with Crippen LogP contribution >= 0.6 is 0 Å². The molecule has 14 heteroatoms. The summed E-state index contributed by atoms with van der Waals surface area (Å²) in [5.41, 5.74) is 10.8. The van der Waals surface area contributed by atoms with Crippen molar-refractivity contribution in [2.45, 2.75) is 90.6 Å². The van der Waals surface area contributed by atoms with Gasteiger partial charge < -0.3 is 51.3 Å². The molecule has 0 bridgehead atoms. The van der Waals surface area contributed by atoms with E-state index in [2.05, 4.69) is 20.9 Å². The molecule has 0 rings (SSSR count). The van der Waals surface area contributed by atoms with E-state index in [1.165, 1.54) is 0 Å². The number of hydrogen-bond acceptors (Lipinski definition) is 8. The zero-order chi connectivity index (χ0) is 31.6. The van der Waals surface area contributed by atoms with Gasteiger partial charge in [-0.2, -0.15) is 0 Å². The van der Waals surface area contributed by atoms with Crippen LogP contribution < -0.4 is 32.5 Å². The lowest BCUT2D eigenvalue weighted by molar-refractivity contribution is -0.871. The zero-order valence-electron chi connectivity index (χ0n) is 25.9. The first-order chi connectivity index (χ1) is 19.1. The summed E-state index contributed by atoms with van der Waals surface area (Å²) in [5.74, 6) is -2.53. The van der Waals surface area contributed by atoms with Crippen molar-refractivity contribution in [2.24, 2.45) is 22.4 Å². The Morgan fingerprint density at radius 1 is 0.927 bits per heavy atom. The van der Waals surface area contributed by atoms with E-state index < -0.39 is 48.1 Å². The largest absolute Gasteiger partial charge is 0.550 e. The molecule has 0 spiro atoms. The molecule has 0 saturated carbocycles. The van der Waals surface area contributed by atoms with Gasteiger partial charge in [-0.15, -0.1) is 0 Å². The number of aliphatic imine (C=N–C) groups is 1. The Hall–Kier alpha value is -2.97. The van der Waals surface area contributed by atoms with E-state index in [9.17, 15) is 24.3 Å². The van der Waals surface area contributed by atoms with Crippen LogP contribution in [0, 0.1) is 5.92 Å². The number of carboxylic acid groups (broad SMARTS) is 1. The smallest absolute Gasteiger partial charge is 0.242 e. The Labute approximate surface area is 244 Å². The third-order valence-electron chi connectivity index (χ3n) is 5.77. The number of amides is 3. The minimum Gasteiger partial charge on any atom is -0.550 e. The van der Waals surface area contributed by atoms with Gasteiger partial charge in [0.2, 0.25) is 17.7 Å². The first kappa shape index (κ1) is 38.0. The van der Waals surface area contributed by atoms with Crippen molar-refractivity contribution in [1.29, 1.82) is 0 Å². The predicted octanol–water partition coefficient (Wildman–Crippen LogP) is -1.43. The second-order valence-electron chi connectivity index (χ2n) is 11.4. The van der Waals surface area contributed by atoms with Gasteiger partial charge >= 0.3 is 0 Å². The third-order valence-corrected chi connectivity index (χ3v) is 5.77. The molecule has 238 valence electrons. The van der Waals surface area contributed by atoms with Crippen LogP contribution in [0.5, 0.6) is 0 Å². The van der Waals surface area contributed by atoms with Gasteiger partial charge in [0.25, 0.3) is 0 Å². The quantitative estimate of drug-likeness (QED) is 0.0330. The van der Waals surface area contributed by atoms with Crippen LogP contribution in [0.25, 0.3) is 0 Å². The fraction of sp³-hybridized carbons (Fsp3) is 0.815. The summed E-state index contributed by atoms with van der Waals surface area (Å²) in [6.07, 6.45) is 0.0366. The van der Waals surface area contributed by atoms with Crippen molar-refractivity contribution in [1.82, 2.24) is 16.0 Å². The summed E-state index contributed by atoms with van der Waals surface area (Å²) in [4.78, 5) is 53.7. The van der Waals surface area contributed by atoms with Crippen molar-refractivity contribution < 1.29 is 38.2 Å². The molecule has 0 fully saturated rings. The molecule has 0 aliphatic heterocycles. The molecule has 0 aromatic carbocycles. The van der Waals surface area contributed by atoms with Crippen LogP contribution in [0.1, 0.15) is 66.2 Å². The van der Waals surface area contributed by atoms with Crippen molar-refractivity contribution >= 4 is 29.7 Å². The number of likely N-dealkylation sites (N-methyl/N-ethyl adjacent to an activating group) is 1. The number of nitrogens with zero attached hydrogens (tertiary/aromatic N) is 2. The first-order valence-electron chi connectivity index (χ1n) is 14.3. The Morgan fingerprint density at radius 2 is 1.49 bits per heavy atom. The highest BCUT2D eigenvalue weighted by Gasteiger charge is 2.29. The summed E-state index contributed by atoms with van der Waals surface area (Å²) in [7, 11) is 5.63. The maximum absolute atomic E-state index is 13.4. The third kappa shape index (κ3) is 19.7. The molecule has 0 aromatic heterocycles. The Morgan fingerprint density at radius 3 is 1.95 bits per heavy atom. The highest BCUT2D eigenvalue weighted by molar-refractivity contribution is 5.89. The van der Waals surface area contributed by atoms with E-state index in [-0.39, 0.29) is 31.1 Å². The molecule has 14 nitrogen and oxygen atoms in total. The van der Waals surface area contributed by atoms with Gasteiger partial charge in [0, 0.05) is 45.0 Å². The molecule has 0 aliphatic rings. The van der Waals surface area contributed by atoms with E-state index in [0.717, 1.165) is 0 Å². The van der Waals surface area contributed by atoms with Gasteiger partial charge in [-0.1, -0.05) is 13.8 Å². The van der Waals surface area contributed by atoms with Gasteiger partial charge in [-0.3, -0.25) is 19.4 Å². The van der Waals surface area contributed by atoms with E-state index >= 15 is 0 Å². The number of aliphatic carboxylic acids is 1. The lowest BCUT2D eigenvalue weighted by Gasteiger charge is -2.30. The number of ether oxygens (including phenoxy) is 2. The molecule has 0 aliphatic carbocycles. The molecule has 3 amide bonds. The summed E-state index contributed by atoms with van der Waals surface area (Å²) < 4.78 is 11.9. The van der Waals surface area contributed by atoms with Gasteiger partial charge in [0.1, 0.15) is 6.04 Å². The molecule has 0 heterocycles. The number of carbonyl (C=O) groups is 4. The van der Waals surface area contributed by atoms with Gasteiger partial charge in [-0.25, -0.2) is 0 Å². The normalized spacial score (nSPS) is 13.8. The maximum atomic E-state index is 13.4. The van der Waals surface area contributed by atoms with E-state index in [1.54, 1.807) is 0 Å². The number of nitrogens with two attached hydrogens (primary N) is 2. The Bertz CT molecular complexity index is 836. The fourth-order valence-corrected chi connectivity index (χ4v) is 4.21. The highest BCUT2D eigenvalue weighted by Crippen LogP contribution is 2.12. The minimum atomic E-state index is -1.27. The highest BCUT2D eigenvalue weighted by atomic mass is 16.7. The first-order valence-corrected chi connectivity index (χ1v) is 14.3. The molecule has 0 unspecified atom stereocenters. The number of rotatable bonds is 22. The van der Waals surface area contributed by atoms with E-state index in [1.807, 2.05) is 48.8 Å². The van der Waals surface area contributed by atoms with Crippen molar-refractivity contribution in [3.05, 3.63) is 0 Å². The Kier molecular flexibility index (Phi) is 18.5. The number of quaternary nitrogens is 1. The van der Waals surface area contributed by atoms with E-state index in [0.29, 0.717) is 50.0 Å². The molecule has 0 aromatic rings. The lowest BCUT2D eigenvalue weighted by atomic mass is 10.0. The Balaban J connectivity index is 5.36. The van der Waals surface area contributed by atoms with Crippen LogP contribution in [0.2, 0.25) is 0 Å². The number of carbonyl (C=O) groups excluding carboxylic acids is 4. The molecular weight excluding hydrogens is 534 g/mol. The van der Waals surface area contributed by atoms with Crippen LogP contribution in [-0.4, -0.2) is 106 Å².